The minimum atomic E-state index is 0.770. The molecule has 1 aromatic heterocycles. The molecule has 0 aliphatic heterocycles. The van der Waals surface area contributed by atoms with Gasteiger partial charge in [0.1, 0.15) is 0 Å². The van der Waals surface area contributed by atoms with Crippen molar-refractivity contribution >= 4 is 22.1 Å². The van der Waals surface area contributed by atoms with Crippen molar-refractivity contribution < 1.29 is 0 Å². The first-order chi connectivity index (χ1) is 8.33. The van der Waals surface area contributed by atoms with E-state index in [1.165, 1.54) is 0 Å². The molecule has 1 aromatic carbocycles. The molecule has 0 radical (unpaired) electrons. The topological polar surface area (TPSA) is 50.9 Å². The Hall–Kier alpha value is -2.03. The number of fused-ring (bicyclic) bond motifs is 1. The summed E-state index contributed by atoms with van der Waals surface area (Å²) < 4.78 is 0. The van der Waals surface area contributed by atoms with Gasteiger partial charge in [-0.3, -0.25) is 4.98 Å². The summed E-state index contributed by atoms with van der Waals surface area (Å²) in [6.07, 6.45) is 8.83. The van der Waals surface area contributed by atoms with E-state index in [4.69, 9.17) is 5.73 Å². The van der Waals surface area contributed by atoms with Crippen molar-refractivity contribution in [3.63, 3.8) is 0 Å². The lowest BCUT2D eigenvalue weighted by molar-refractivity contribution is 1.07. The lowest BCUT2D eigenvalue weighted by Gasteiger charge is -2.10. The minimum absolute atomic E-state index is 0.770. The molecule has 0 spiro atoms. The highest BCUT2D eigenvalue weighted by Crippen LogP contribution is 2.27. The van der Waals surface area contributed by atoms with Crippen LogP contribution in [0.3, 0.4) is 0 Å². The van der Waals surface area contributed by atoms with Gasteiger partial charge in [0.15, 0.2) is 0 Å². The second-order valence-electron chi connectivity index (χ2n) is 3.91. The number of rotatable bonds is 4. The average Bonchev–Trinajstić information content (AvgIpc) is 2.37. The van der Waals surface area contributed by atoms with Crippen LogP contribution in [0.4, 0.5) is 11.4 Å². The molecule has 0 aliphatic rings. The average molecular weight is 227 g/mol. The third-order valence-electron chi connectivity index (χ3n) is 2.71. The summed E-state index contributed by atoms with van der Waals surface area (Å²) in [4.78, 5) is 4.11. The number of hydrogen-bond donors (Lipinski definition) is 2. The van der Waals surface area contributed by atoms with Crippen LogP contribution in [0.5, 0.6) is 0 Å². The number of nitrogens with one attached hydrogen (secondary N) is 1. The van der Waals surface area contributed by atoms with Gasteiger partial charge in [0.2, 0.25) is 0 Å². The largest absolute Gasteiger partial charge is 0.398 e. The Balaban J connectivity index is 2.25. The van der Waals surface area contributed by atoms with E-state index < -0.39 is 0 Å². The van der Waals surface area contributed by atoms with E-state index in [1.807, 2.05) is 31.3 Å². The molecule has 88 valence electrons. The first-order valence-electron chi connectivity index (χ1n) is 5.80. The van der Waals surface area contributed by atoms with Crippen LogP contribution in [0.25, 0.3) is 10.8 Å². The van der Waals surface area contributed by atoms with Crippen molar-refractivity contribution in [2.24, 2.45) is 0 Å². The molecule has 0 saturated heterocycles. The highest BCUT2D eigenvalue weighted by Gasteiger charge is 2.02. The lowest BCUT2D eigenvalue weighted by Crippen LogP contribution is -2.01. The summed E-state index contributed by atoms with van der Waals surface area (Å²) in [6, 6.07) is 5.93. The predicted molar refractivity (Wildman–Crippen MR) is 74.1 cm³/mol. The second kappa shape index (κ2) is 5.34. The van der Waals surface area contributed by atoms with Crippen LogP contribution in [0.1, 0.15) is 13.3 Å². The molecule has 0 unspecified atom stereocenters. The number of pyridine rings is 1. The Morgan fingerprint density at radius 2 is 2.18 bits per heavy atom. The maximum Gasteiger partial charge on any atom is 0.0422 e. The van der Waals surface area contributed by atoms with Crippen LogP contribution in [0.2, 0.25) is 0 Å². The third-order valence-corrected chi connectivity index (χ3v) is 2.71. The summed E-state index contributed by atoms with van der Waals surface area (Å²) in [7, 11) is 0. The van der Waals surface area contributed by atoms with Crippen molar-refractivity contribution in [1.82, 2.24) is 4.98 Å². The molecule has 0 aliphatic carbocycles. The van der Waals surface area contributed by atoms with Crippen LogP contribution in [-0.4, -0.2) is 11.5 Å². The highest BCUT2D eigenvalue weighted by atomic mass is 14.9. The predicted octanol–water partition coefficient (Wildman–Crippen LogP) is 3.20. The molecule has 3 heteroatoms. The van der Waals surface area contributed by atoms with Gasteiger partial charge < -0.3 is 11.1 Å². The molecule has 0 fully saturated rings. The van der Waals surface area contributed by atoms with E-state index >= 15 is 0 Å². The van der Waals surface area contributed by atoms with Gasteiger partial charge in [0, 0.05) is 41.1 Å². The van der Waals surface area contributed by atoms with Crippen molar-refractivity contribution in [2.75, 3.05) is 17.6 Å². The minimum Gasteiger partial charge on any atom is -0.398 e. The third kappa shape index (κ3) is 2.56. The Morgan fingerprint density at radius 1 is 1.29 bits per heavy atom. The zero-order valence-electron chi connectivity index (χ0n) is 9.98. The number of anilines is 2. The van der Waals surface area contributed by atoms with E-state index in [0.29, 0.717) is 0 Å². The van der Waals surface area contributed by atoms with Gasteiger partial charge in [-0.2, -0.15) is 0 Å². The summed E-state index contributed by atoms with van der Waals surface area (Å²) in [5.41, 5.74) is 7.81. The standard InChI is InChI=1S/C14H17N3/c1-2-3-4-8-17-14-6-5-13(15)12-10-16-9-7-11(12)14/h2-3,5-7,9-10,17H,4,8,15H2,1H3/b3-2+. The molecule has 3 N–H and O–H groups in total. The van der Waals surface area contributed by atoms with Crippen LogP contribution in [0.15, 0.2) is 42.7 Å². The van der Waals surface area contributed by atoms with Crippen molar-refractivity contribution in [2.45, 2.75) is 13.3 Å². The monoisotopic (exact) mass is 227 g/mol. The molecular formula is C14H17N3. The first-order valence-corrected chi connectivity index (χ1v) is 5.80. The smallest absolute Gasteiger partial charge is 0.0422 e. The molecule has 2 rings (SSSR count). The quantitative estimate of drug-likeness (QED) is 0.479. The Morgan fingerprint density at radius 3 is 3.00 bits per heavy atom. The maximum atomic E-state index is 5.92. The fraction of sp³-hybridized carbons (Fsp3) is 0.214. The zero-order valence-corrected chi connectivity index (χ0v) is 9.98. The van der Waals surface area contributed by atoms with E-state index in [0.717, 1.165) is 35.1 Å². The Bertz CT molecular complexity index is 532. The SMILES string of the molecule is C/C=C/CCNc1ccc(N)c2cnccc12. The van der Waals surface area contributed by atoms with Gasteiger partial charge in [-0.15, -0.1) is 0 Å². The fourth-order valence-electron chi connectivity index (χ4n) is 1.82. The molecule has 2 aromatic rings. The summed E-state index contributed by atoms with van der Waals surface area (Å²) in [6.45, 7) is 2.95. The summed E-state index contributed by atoms with van der Waals surface area (Å²) >= 11 is 0. The van der Waals surface area contributed by atoms with Crippen molar-refractivity contribution in [1.29, 1.82) is 0 Å². The fourth-order valence-corrected chi connectivity index (χ4v) is 1.82. The summed E-state index contributed by atoms with van der Waals surface area (Å²) in [5.74, 6) is 0. The molecule has 1 heterocycles. The zero-order chi connectivity index (χ0) is 12.1. The summed E-state index contributed by atoms with van der Waals surface area (Å²) in [5, 5.41) is 5.54. The van der Waals surface area contributed by atoms with Crippen LogP contribution in [0, 0.1) is 0 Å². The van der Waals surface area contributed by atoms with E-state index in [9.17, 15) is 0 Å². The van der Waals surface area contributed by atoms with Gasteiger partial charge in [-0.1, -0.05) is 12.2 Å². The number of benzene rings is 1. The van der Waals surface area contributed by atoms with E-state index in [1.54, 1.807) is 6.20 Å². The van der Waals surface area contributed by atoms with Crippen LogP contribution >= 0.6 is 0 Å². The van der Waals surface area contributed by atoms with Crippen molar-refractivity contribution in [3.05, 3.63) is 42.7 Å². The number of nitrogens with two attached hydrogens (primary N) is 1. The van der Waals surface area contributed by atoms with E-state index in [-0.39, 0.29) is 0 Å². The second-order valence-corrected chi connectivity index (χ2v) is 3.91. The molecule has 0 atom stereocenters. The Labute approximate surface area is 101 Å². The van der Waals surface area contributed by atoms with Gasteiger partial charge in [-0.25, -0.2) is 0 Å². The normalized spacial score (nSPS) is 11.1. The van der Waals surface area contributed by atoms with Crippen LogP contribution < -0.4 is 11.1 Å². The number of aromatic nitrogens is 1. The van der Waals surface area contributed by atoms with E-state index in [2.05, 4.69) is 22.5 Å². The van der Waals surface area contributed by atoms with Gasteiger partial charge >= 0.3 is 0 Å². The van der Waals surface area contributed by atoms with Crippen LogP contribution in [-0.2, 0) is 0 Å². The first kappa shape index (κ1) is 11.5. The highest BCUT2D eigenvalue weighted by molar-refractivity contribution is 6.00. The Kier molecular flexibility index (Phi) is 3.60. The molecule has 17 heavy (non-hydrogen) atoms. The van der Waals surface area contributed by atoms with Gasteiger partial charge in [-0.05, 0) is 31.5 Å². The molecule has 0 amide bonds. The van der Waals surface area contributed by atoms with Gasteiger partial charge in [0.05, 0.1) is 0 Å². The molecule has 3 nitrogen and oxygen atoms in total. The van der Waals surface area contributed by atoms with Gasteiger partial charge in [0.25, 0.3) is 0 Å². The van der Waals surface area contributed by atoms with Crippen molar-refractivity contribution in [3.8, 4) is 0 Å². The molecular weight excluding hydrogens is 210 g/mol. The number of nitrogen functional groups attached to an aromatic ring is 1. The molecule has 0 saturated carbocycles. The number of allylic oxidation sites excluding steroid dienone is 1. The lowest BCUT2D eigenvalue weighted by atomic mass is 10.1. The maximum absolute atomic E-state index is 5.92. The molecule has 0 bridgehead atoms. The number of nitrogens with zero attached hydrogens (tertiary/aromatic N) is 1. The number of hydrogen-bond acceptors (Lipinski definition) is 3.